The van der Waals surface area contributed by atoms with E-state index in [2.05, 4.69) is 9.97 Å². The molecule has 1 amide bonds. The molecular formula is C18H18N4O2. The second kappa shape index (κ2) is 6.31. The number of hydrogen-bond acceptors (Lipinski definition) is 4. The number of aromatic nitrogens is 3. The van der Waals surface area contributed by atoms with E-state index in [1.165, 1.54) is 0 Å². The highest BCUT2D eigenvalue weighted by molar-refractivity contribution is 5.95. The van der Waals surface area contributed by atoms with E-state index in [-0.39, 0.29) is 12.0 Å². The van der Waals surface area contributed by atoms with Gasteiger partial charge in [-0.15, -0.1) is 0 Å². The Morgan fingerprint density at radius 1 is 1.29 bits per heavy atom. The van der Waals surface area contributed by atoms with Gasteiger partial charge in [-0.3, -0.25) is 9.78 Å². The summed E-state index contributed by atoms with van der Waals surface area (Å²) in [5, 5.41) is 0. The van der Waals surface area contributed by atoms with Crippen LogP contribution in [0.15, 0.2) is 55.2 Å². The zero-order valence-corrected chi connectivity index (χ0v) is 13.2. The monoisotopic (exact) mass is 322 g/mol. The van der Waals surface area contributed by atoms with Gasteiger partial charge >= 0.3 is 0 Å². The predicted octanol–water partition coefficient (Wildman–Crippen LogP) is 2.41. The summed E-state index contributed by atoms with van der Waals surface area (Å²) in [7, 11) is 0. The average molecular weight is 322 g/mol. The number of ether oxygens (including phenoxy) is 1. The first-order chi connectivity index (χ1) is 11.8. The van der Waals surface area contributed by atoms with Gasteiger partial charge in [0.15, 0.2) is 0 Å². The third-order valence-electron chi connectivity index (χ3n) is 4.24. The first kappa shape index (κ1) is 14.7. The molecule has 122 valence electrons. The van der Waals surface area contributed by atoms with E-state index in [4.69, 9.17) is 4.74 Å². The fraction of sp³-hybridized carbons (Fsp3) is 0.278. The molecule has 0 radical (unpaired) electrons. The molecule has 1 aliphatic rings. The maximum atomic E-state index is 12.8. The molecule has 1 aliphatic heterocycles. The lowest BCUT2D eigenvalue weighted by molar-refractivity contribution is 0.0527. The van der Waals surface area contributed by atoms with E-state index in [0.717, 1.165) is 24.9 Å². The molecule has 0 bridgehead atoms. The standard InChI is InChI=1S/C18H18N4O2/c23-18(14-10-15-4-1-2-8-21(15)12-14)22-9-3-5-16(13-22)24-17-11-19-6-7-20-17/h1-2,4,6-8,10-12,16H,3,5,9,13H2. The van der Waals surface area contributed by atoms with Crippen LogP contribution in [0.4, 0.5) is 0 Å². The molecule has 1 fully saturated rings. The van der Waals surface area contributed by atoms with Gasteiger partial charge in [-0.2, -0.15) is 0 Å². The normalized spacial score (nSPS) is 17.8. The van der Waals surface area contributed by atoms with Gasteiger partial charge in [-0.1, -0.05) is 6.07 Å². The number of pyridine rings is 1. The fourth-order valence-corrected chi connectivity index (χ4v) is 3.09. The van der Waals surface area contributed by atoms with Crippen LogP contribution >= 0.6 is 0 Å². The van der Waals surface area contributed by atoms with Gasteiger partial charge in [-0.25, -0.2) is 4.98 Å². The number of carbonyl (C=O) groups excluding carboxylic acids is 1. The summed E-state index contributed by atoms with van der Waals surface area (Å²) in [4.78, 5) is 22.8. The highest BCUT2D eigenvalue weighted by atomic mass is 16.5. The van der Waals surface area contributed by atoms with Crippen molar-refractivity contribution in [1.29, 1.82) is 0 Å². The molecule has 1 saturated heterocycles. The number of fused-ring (bicyclic) bond motifs is 1. The zero-order valence-electron chi connectivity index (χ0n) is 13.2. The summed E-state index contributed by atoms with van der Waals surface area (Å²) in [6.45, 7) is 1.33. The molecule has 0 saturated carbocycles. The average Bonchev–Trinajstić information content (AvgIpc) is 3.06. The zero-order chi connectivity index (χ0) is 16.4. The third-order valence-corrected chi connectivity index (χ3v) is 4.24. The Balaban J connectivity index is 1.48. The Kier molecular flexibility index (Phi) is 3.86. The number of piperidine rings is 1. The maximum absolute atomic E-state index is 12.8. The van der Waals surface area contributed by atoms with Gasteiger partial charge in [-0.05, 0) is 31.0 Å². The second-order valence-corrected chi connectivity index (χ2v) is 5.94. The van der Waals surface area contributed by atoms with Crippen LogP contribution in [-0.4, -0.2) is 44.4 Å². The van der Waals surface area contributed by atoms with Crippen molar-refractivity contribution in [2.45, 2.75) is 18.9 Å². The highest BCUT2D eigenvalue weighted by Gasteiger charge is 2.26. The van der Waals surface area contributed by atoms with Crippen molar-refractivity contribution in [3.63, 3.8) is 0 Å². The van der Waals surface area contributed by atoms with Gasteiger partial charge in [0.25, 0.3) is 5.91 Å². The van der Waals surface area contributed by atoms with Gasteiger partial charge in [0, 0.05) is 36.8 Å². The number of carbonyl (C=O) groups is 1. The molecular weight excluding hydrogens is 304 g/mol. The number of likely N-dealkylation sites (tertiary alicyclic amines) is 1. The van der Waals surface area contributed by atoms with Crippen molar-refractivity contribution in [2.24, 2.45) is 0 Å². The van der Waals surface area contributed by atoms with Crippen molar-refractivity contribution in [3.05, 3.63) is 60.8 Å². The third kappa shape index (κ3) is 2.95. The molecule has 0 aliphatic carbocycles. The maximum Gasteiger partial charge on any atom is 0.255 e. The van der Waals surface area contributed by atoms with Crippen LogP contribution in [0.2, 0.25) is 0 Å². The summed E-state index contributed by atoms with van der Waals surface area (Å²) in [5.74, 6) is 0.553. The quantitative estimate of drug-likeness (QED) is 0.743. The first-order valence-corrected chi connectivity index (χ1v) is 8.08. The van der Waals surface area contributed by atoms with Crippen LogP contribution in [0.25, 0.3) is 5.52 Å². The van der Waals surface area contributed by atoms with Crippen LogP contribution in [0, 0.1) is 0 Å². The Bertz CT molecular complexity index is 813. The lowest BCUT2D eigenvalue weighted by atomic mass is 10.1. The van der Waals surface area contributed by atoms with Crippen LogP contribution in [0.5, 0.6) is 5.88 Å². The number of nitrogens with zero attached hydrogens (tertiary/aromatic N) is 4. The lowest BCUT2D eigenvalue weighted by Crippen LogP contribution is -2.44. The van der Waals surface area contributed by atoms with Gasteiger partial charge < -0.3 is 14.0 Å². The van der Waals surface area contributed by atoms with Crippen LogP contribution in [-0.2, 0) is 0 Å². The Morgan fingerprint density at radius 2 is 2.25 bits per heavy atom. The van der Waals surface area contributed by atoms with Crippen molar-refractivity contribution in [1.82, 2.24) is 19.3 Å². The van der Waals surface area contributed by atoms with Gasteiger partial charge in [0.2, 0.25) is 5.88 Å². The van der Waals surface area contributed by atoms with Crippen LogP contribution in [0.3, 0.4) is 0 Å². The van der Waals surface area contributed by atoms with Crippen molar-refractivity contribution >= 4 is 11.4 Å². The predicted molar refractivity (Wildman–Crippen MR) is 89.0 cm³/mol. The van der Waals surface area contributed by atoms with Crippen molar-refractivity contribution < 1.29 is 9.53 Å². The molecule has 0 spiro atoms. The molecule has 1 atom stereocenters. The summed E-state index contributed by atoms with van der Waals surface area (Å²) >= 11 is 0. The number of hydrogen-bond donors (Lipinski definition) is 0. The van der Waals surface area contributed by atoms with E-state index >= 15 is 0 Å². The molecule has 4 rings (SSSR count). The second-order valence-electron chi connectivity index (χ2n) is 5.94. The van der Waals surface area contributed by atoms with Crippen molar-refractivity contribution in [2.75, 3.05) is 13.1 Å². The fourth-order valence-electron chi connectivity index (χ4n) is 3.09. The summed E-state index contributed by atoms with van der Waals surface area (Å²) in [6.07, 6.45) is 10.4. The smallest absolute Gasteiger partial charge is 0.255 e. The molecule has 6 heteroatoms. The molecule has 6 nitrogen and oxygen atoms in total. The van der Waals surface area contributed by atoms with E-state index < -0.39 is 0 Å². The Labute approximate surface area is 139 Å². The van der Waals surface area contributed by atoms with Crippen LogP contribution in [0.1, 0.15) is 23.2 Å². The number of rotatable bonds is 3. The highest BCUT2D eigenvalue weighted by Crippen LogP contribution is 2.19. The van der Waals surface area contributed by atoms with E-state index in [0.29, 0.717) is 18.0 Å². The van der Waals surface area contributed by atoms with E-state index in [9.17, 15) is 4.79 Å². The Hall–Kier alpha value is -2.89. The topological polar surface area (TPSA) is 59.7 Å². The largest absolute Gasteiger partial charge is 0.471 e. The Morgan fingerprint density at radius 3 is 3.08 bits per heavy atom. The summed E-state index contributed by atoms with van der Waals surface area (Å²) in [6, 6.07) is 7.84. The molecule has 24 heavy (non-hydrogen) atoms. The SMILES string of the molecule is O=C(c1cc2ccccn2c1)N1CCCC(Oc2cnccn2)C1. The minimum absolute atomic E-state index is 0.0450. The summed E-state index contributed by atoms with van der Waals surface area (Å²) < 4.78 is 7.82. The minimum Gasteiger partial charge on any atom is -0.471 e. The molecule has 3 aromatic rings. The van der Waals surface area contributed by atoms with Crippen molar-refractivity contribution in [3.8, 4) is 5.88 Å². The molecule has 1 unspecified atom stereocenters. The lowest BCUT2D eigenvalue weighted by Gasteiger charge is -2.32. The van der Waals surface area contributed by atoms with E-state index in [1.54, 1.807) is 18.6 Å². The minimum atomic E-state index is -0.0450. The molecule has 0 aromatic carbocycles. The van der Waals surface area contributed by atoms with Gasteiger partial charge in [0.1, 0.15) is 6.10 Å². The number of amides is 1. The van der Waals surface area contributed by atoms with E-state index in [1.807, 2.05) is 46.0 Å². The molecule has 4 heterocycles. The first-order valence-electron chi connectivity index (χ1n) is 8.08. The van der Waals surface area contributed by atoms with Crippen LogP contribution < -0.4 is 4.74 Å². The molecule has 0 N–H and O–H groups in total. The van der Waals surface area contributed by atoms with Gasteiger partial charge in [0.05, 0.1) is 18.3 Å². The molecule has 3 aromatic heterocycles. The summed E-state index contributed by atoms with van der Waals surface area (Å²) in [5.41, 5.74) is 1.73.